The van der Waals surface area contributed by atoms with Crippen LogP contribution in [0.25, 0.3) is 0 Å². The number of carbonyl (C=O) groups excluding carboxylic acids is 1. The van der Waals surface area contributed by atoms with Crippen molar-refractivity contribution >= 4 is 5.97 Å². The number of allylic oxidation sites excluding steroid dienone is 2. The number of esters is 1. The Hall–Kier alpha value is -1.27. The molecule has 0 aliphatic carbocycles. The lowest BCUT2D eigenvalue weighted by atomic mass is 9.98. The van der Waals surface area contributed by atoms with Crippen LogP contribution in [0.1, 0.15) is 232 Å². The molecule has 0 bridgehead atoms. The molecule has 2 aliphatic heterocycles. The van der Waals surface area contributed by atoms with Gasteiger partial charge in [-0.15, -0.1) is 0 Å². The highest BCUT2D eigenvalue weighted by Crippen LogP contribution is 2.27. The van der Waals surface area contributed by atoms with Gasteiger partial charge in [-0.1, -0.05) is 199 Å². The predicted octanol–water partition coefficient (Wildman–Crippen LogP) is 9.41. The lowest BCUT2D eigenvalue weighted by Gasteiger charge is -2.42. The Morgan fingerprint density at radius 2 is 0.855 bits per heavy atom. The summed E-state index contributed by atoms with van der Waals surface area (Å²) in [4.78, 5) is 13.0. The van der Waals surface area contributed by atoms with Crippen molar-refractivity contribution in [2.24, 2.45) is 0 Å². The third-order valence-corrected chi connectivity index (χ3v) is 13.8. The van der Waals surface area contributed by atoms with Gasteiger partial charge in [0.05, 0.1) is 26.4 Å². The molecule has 0 radical (unpaired) electrons. The van der Waals surface area contributed by atoms with Crippen LogP contribution in [-0.2, 0) is 33.2 Å². The van der Waals surface area contributed by atoms with E-state index in [9.17, 15) is 40.5 Å². The van der Waals surface area contributed by atoms with Crippen LogP contribution in [0.4, 0.5) is 0 Å². The first-order valence-electron chi connectivity index (χ1n) is 28.3. The molecule has 0 amide bonds. The van der Waals surface area contributed by atoms with Crippen molar-refractivity contribution in [3.63, 3.8) is 0 Å². The van der Waals surface area contributed by atoms with Gasteiger partial charge in [0, 0.05) is 13.0 Å². The summed E-state index contributed by atoms with van der Waals surface area (Å²) < 4.78 is 34.3. The van der Waals surface area contributed by atoms with Crippen LogP contribution in [0.2, 0.25) is 0 Å². The first-order chi connectivity index (χ1) is 33.6. The fraction of sp³-hybridized carbons (Fsp3) is 0.945. The minimum Gasteiger partial charge on any atom is -0.457 e. The minimum atomic E-state index is -1.70. The number of rotatable bonds is 46. The van der Waals surface area contributed by atoms with Crippen molar-refractivity contribution in [1.82, 2.24) is 0 Å². The third kappa shape index (κ3) is 30.5. The molecule has 69 heavy (non-hydrogen) atoms. The number of aliphatic hydroxyl groups is 7. The van der Waals surface area contributed by atoms with Gasteiger partial charge >= 0.3 is 5.97 Å². The Labute approximate surface area is 418 Å². The zero-order valence-electron chi connectivity index (χ0n) is 43.6. The largest absolute Gasteiger partial charge is 0.457 e. The minimum absolute atomic E-state index is 0.0628. The second kappa shape index (κ2) is 43.2. The van der Waals surface area contributed by atoms with Gasteiger partial charge in [-0.2, -0.15) is 0 Å². The quantitative estimate of drug-likeness (QED) is 0.0172. The standard InChI is InChI=1S/C55H104O14/c1-3-5-7-9-11-13-15-17-18-19-20-21-22-23-24-25-26-28-30-32-34-36-38-47(57)67-44(41-64-39-37-35-33-31-29-27-16-14-12-10-8-6-4-2)42-65-54-53(63)51(61)49(59)46(69-54)43-66-55-52(62)50(60)48(58)45(40-56)68-55/h12,14,44-46,48-56,58-63H,3-11,13,15-43H2,1-2H3/b14-12-. The van der Waals surface area contributed by atoms with Gasteiger partial charge in [0.15, 0.2) is 12.6 Å². The third-order valence-electron chi connectivity index (χ3n) is 13.8. The van der Waals surface area contributed by atoms with Crippen LogP contribution in [0.3, 0.4) is 0 Å². The van der Waals surface area contributed by atoms with Gasteiger partial charge in [0.25, 0.3) is 0 Å². The first kappa shape index (κ1) is 63.8. The van der Waals surface area contributed by atoms with Crippen molar-refractivity contribution < 1.29 is 69.0 Å². The van der Waals surface area contributed by atoms with Crippen LogP contribution in [0.15, 0.2) is 12.2 Å². The van der Waals surface area contributed by atoms with E-state index in [4.69, 9.17) is 28.4 Å². The highest BCUT2D eigenvalue weighted by Gasteiger charge is 2.47. The van der Waals surface area contributed by atoms with Crippen molar-refractivity contribution in [1.29, 1.82) is 0 Å². The molecule has 14 heteroatoms. The van der Waals surface area contributed by atoms with E-state index in [1.54, 1.807) is 0 Å². The van der Waals surface area contributed by atoms with Crippen molar-refractivity contribution in [2.45, 2.75) is 300 Å². The zero-order chi connectivity index (χ0) is 50.2. The average molecular weight is 989 g/mol. The molecule has 0 saturated carbocycles. The second-order valence-electron chi connectivity index (χ2n) is 20.1. The molecule has 2 aliphatic rings. The summed E-state index contributed by atoms with van der Waals surface area (Å²) in [5.41, 5.74) is 0. The van der Waals surface area contributed by atoms with E-state index in [2.05, 4.69) is 26.0 Å². The second-order valence-corrected chi connectivity index (χ2v) is 20.1. The van der Waals surface area contributed by atoms with E-state index in [0.717, 1.165) is 44.9 Å². The maximum atomic E-state index is 13.0. The Morgan fingerprint density at radius 1 is 0.464 bits per heavy atom. The molecule has 11 atom stereocenters. The van der Waals surface area contributed by atoms with E-state index in [1.807, 2.05) is 0 Å². The van der Waals surface area contributed by atoms with Crippen LogP contribution in [0.5, 0.6) is 0 Å². The van der Waals surface area contributed by atoms with Crippen molar-refractivity contribution in [3.05, 3.63) is 12.2 Å². The number of carbonyl (C=O) groups is 1. The van der Waals surface area contributed by atoms with Crippen LogP contribution in [-0.4, -0.2) is 142 Å². The predicted molar refractivity (Wildman–Crippen MR) is 271 cm³/mol. The molecule has 0 spiro atoms. The number of hydrogen-bond donors (Lipinski definition) is 7. The SMILES string of the molecule is CCCCC/C=C\CCCCCCCCOCC(COC1OC(COC2OC(CO)C(O)C(O)C2O)C(O)C(O)C1O)OC(=O)CCCCCCCCCCCCCCCCCCCCCCCC. The van der Waals surface area contributed by atoms with Gasteiger partial charge in [0.2, 0.25) is 0 Å². The smallest absolute Gasteiger partial charge is 0.306 e. The molecule has 2 saturated heterocycles. The van der Waals surface area contributed by atoms with E-state index < -0.39 is 80.7 Å². The molecule has 0 aromatic carbocycles. The highest BCUT2D eigenvalue weighted by molar-refractivity contribution is 5.69. The summed E-state index contributed by atoms with van der Waals surface area (Å²) in [7, 11) is 0. The summed E-state index contributed by atoms with van der Waals surface area (Å²) in [5.74, 6) is -0.373. The number of hydrogen-bond acceptors (Lipinski definition) is 14. The van der Waals surface area contributed by atoms with Gasteiger partial charge in [-0.25, -0.2) is 0 Å². The van der Waals surface area contributed by atoms with Crippen LogP contribution >= 0.6 is 0 Å². The van der Waals surface area contributed by atoms with Crippen LogP contribution < -0.4 is 0 Å². The monoisotopic (exact) mass is 989 g/mol. The van der Waals surface area contributed by atoms with Gasteiger partial charge in [-0.05, 0) is 38.5 Å². The van der Waals surface area contributed by atoms with Gasteiger partial charge in [0.1, 0.15) is 54.9 Å². The molecule has 408 valence electrons. The summed E-state index contributed by atoms with van der Waals surface area (Å²) in [6.07, 6.45) is 29.9. The number of unbranched alkanes of at least 4 members (excludes halogenated alkanes) is 30. The summed E-state index contributed by atoms with van der Waals surface area (Å²) in [6.45, 7) is 3.70. The number of ether oxygens (including phenoxy) is 6. The van der Waals surface area contributed by atoms with E-state index in [-0.39, 0.29) is 25.6 Å². The molecule has 2 heterocycles. The van der Waals surface area contributed by atoms with Gasteiger partial charge in [-0.3, -0.25) is 4.79 Å². The molecule has 0 aromatic heterocycles. The van der Waals surface area contributed by atoms with Crippen molar-refractivity contribution in [3.8, 4) is 0 Å². The maximum absolute atomic E-state index is 13.0. The van der Waals surface area contributed by atoms with Crippen molar-refractivity contribution in [2.75, 3.05) is 33.0 Å². The highest BCUT2D eigenvalue weighted by atomic mass is 16.7. The maximum Gasteiger partial charge on any atom is 0.306 e. The number of aliphatic hydroxyl groups excluding tert-OH is 7. The molecule has 0 aromatic rings. The van der Waals surface area contributed by atoms with E-state index >= 15 is 0 Å². The average Bonchev–Trinajstić information content (AvgIpc) is 3.35. The summed E-state index contributed by atoms with van der Waals surface area (Å²) >= 11 is 0. The van der Waals surface area contributed by atoms with E-state index in [0.29, 0.717) is 13.0 Å². The molecular weight excluding hydrogens is 885 g/mol. The Morgan fingerprint density at radius 3 is 1.35 bits per heavy atom. The zero-order valence-corrected chi connectivity index (χ0v) is 43.6. The fourth-order valence-electron chi connectivity index (χ4n) is 9.16. The summed E-state index contributed by atoms with van der Waals surface area (Å²) in [5, 5.41) is 72.2. The molecule has 2 rings (SSSR count). The molecule has 7 N–H and O–H groups in total. The Bertz CT molecular complexity index is 1190. The molecular formula is C55H104O14. The molecule has 14 nitrogen and oxygen atoms in total. The Kier molecular flexibility index (Phi) is 39.9. The lowest BCUT2D eigenvalue weighted by Crippen LogP contribution is -2.61. The molecule has 11 unspecified atom stereocenters. The molecule has 2 fully saturated rings. The normalized spacial score (nSPS) is 25.7. The van der Waals surface area contributed by atoms with Gasteiger partial charge < -0.3 is 64.2 Å². The Balaban J connectivity index is 1.70. The lowest BCUT2D eigenvalue weighted by molar-refractivity contribution is -0.332. The summed E-state index contributed by atoms with van der Waals surface area (Å²) in [6, 6.07) is 0. The van der Waals surface area contributed by atoms with Crippen LogP contribution in [0, 0.1) is 0 Å². The topological polar surface area (TPSA) is 214 Å². The first-order valence-corrected chi connectivity index (χ1v) is 28.3. The van der Waals surface area contributed by atoms with E-state index in [1.165, 1.54) is 161 Å². The fourth-order valence-corrected chi connectivity index (χ4v) is 9.16.